The standard InChI is InChI=1S/C17H19NO2S/c19-11-15(12-5-2-1-3-6-12)18-17(20)14-7-4-8-16-13(14)9-10-21-16/h1-3,5-6,9-10,14-15,19H,4,7-8,11H2,(H,18,20)/t14?,15-/m1/s1. The molecule has 2 aromatic rings. The Labute approximate surface area is 128 Å². The fraction of sp³-hybridized carbons (Fsp3) is 0.353. The Morgan fingerprint density at radius 3 is 2.90 bits per heavy atom. The van der Waals surface area contributed by atoms with E-state index >= 15 is 0 Å². The Hall–Kier alpha value is -1.65. The van der Waals surface area contributed by atoms with Gasteiger partial charge < -0.3 is 10.4 Å². The normalized spacial score (nSPS) is 18.8. The Morgan fingerprint density at radius 1 is 1.33 bits per heavy atom. The molecule has 1 amide bonds. The maximum Gasteiger partial charge on any atom is 0.228 e. The first-order valence-electron chi connectivity index (χ1n) is 7.32. The fourth-order valence-corrected chi connectivity index (χ4v) is 3.94. The average molecular weight is 301 g/mol. The summed E-state index contributed by atoms with van der Waals surface area (Å²) in [6, 6.07) is 11.4. The van der Waals surface area contributed by atoms with Crippen molar-refractivity contribution in [3.63, 3.8) is 0 Å². The first-order valence-corrected chi connectivity index (χ1v) is 8.20. The SMILES string of the molecule is O=C(N[C@H](CO)c1ccccc1)C1CCCc2sccc21. The van der Waals surface area contributed by atoms with Crippen LogP contribution in [0.2, 0.25) is 0 Å². The van der Waals surface area contributed by atoms with Gasteiger partial charge in [-0.25, -0.2) is 0 Å². The highest BCUT2D eigenvalue weighted by molar-refractivity contribution is 7.10. The summed E-state index contributed by atoms with van der Waals surface area (Å²) in [5.41, 5.74) is 2.11. The van der Waals surface area contributed by atoms with Gasteiger partial charge in [0.25, 0.3) is 0 Å². The largest absolute Gasteiger partial charge is 0.394 e. The van der Waals surface area contributed by atoms with E-state index in [-0.39, 0.29) is 24.5 Å². The Bertz CT molecular complexity index is 608. The summed E-state index contributed by atoms with van der Waals surface area (Å²) in [6.07, 6.45) is 3.03. The van der Waals surface area contributed by atoms with Crippen LogP contribution in [0.15, 0.2) is 41.8 Å². The number of benzene rings is 1. The van der Waals surface area contributed by atoms with E-state index in [9.17, 15) is 9.90 Å². The van der Waals surface area contributed by atoms with Crippen molar-refractivity contribution in [2.24, 2.45) is 0 Å². The maximum atomic E-state index is 12.6. The second-order valence-electron chi connectivity index (χ2n) is 5.40. The van der Waals surface area contributed by atoms with Crippen molar-refractivity contribution in [1.29, 1.82) is 0 Å². The summed E-state index contributed by atoms with van der Waals surface area (Å²) >= 11 is 1.74. The lowest BCUT2D eigenvalue weighted by atomic mass is 9.87. The highest BCUT2D eigenvalue weighted by Crippen LogP contribution is 2.35. The second kappa shape index (κ2) is 6.41. The van der Waals surface area contributed by atoms with Gasteiger partial charge in [-0.05, 0) is 41.8 Å². The van der Waals surface area contributed by atoms with Gasteiger partial charge in [0.15, 0.2) is 0 Å². The van der Waals surface area contributed by atoms with E-state index < -0.39 is 0 Å². The summed E-state index contributed by atoms with van der Waals surface area (Å²) in [5.74, 6) is -0.0463. The highest BCUT2D eigenvalue weighted by atomic mass is 32.1. The van der Waals surface area contributed by atoms with Gasteiger partial charge in [0.2, 0.25) is 5.91 Å². The van der Waals surface area contributed by atoms with E-state index in [1.165, 1.54) is 10.4 Å². The predicted molar refractivity (Wildman–Crippen MR) is 84.4 cm³/mol. The van der Waals surface area contributed by atoms with Gasteiger partial charge in [-0.3, -0.25) is 4.79 Å². The molecule has 1 unspecified atom stereocenters. The van der Waals surface area contributed by atoms with Gasteiger partial charge in [-0.2, -0.15) is 0 Å². The minimum absolute atomic E-state index is 0.0252. The van der Waals surface area contributed by atoms with E-state index in [1.54, 1.807) is 11.3 Å². The van der Waals surface area contributed by atoms with Crippen molar-refractivity contribution in [3.05, 3.63) is 57.8 Å². The molecule has 2 atom stereocenters. The van der Waals surface area contributed by atoms with E-state index in [0.717, 1.165) is 24.8 Å². The van der Waals surface area contributed by atoms with E-state index in [4.69, 9.17) is 0 Å². The van der Waals surface area contributed by atoms with Crippen molar-refractivity contribution < 1.29 is 9.90 Å². The molecule has 0 saturated carbocycles. The molecule has 3 nitrogen and oxygen atoms in total. The van der Waals surface area contributed by atoms with Crippen molar-refractivity contribution in [1.82, 2.24) is 5.32 Å². The van der Waals surface area contributed by atoms with Gasteiger partial charge in [0.1, 0.15) is 0 Å². The molecular weight excluding hydrogens is 282 g/mol. The van der Waals surface area contributed by atoms with Crippen LogP contribution >= 0.6 is 11.3 Å². The average Bonchev–Trinajstić information content (AvgIpc) is 3.01. The number of aliphatic hydroxyl groups excluding tert-OH is 1. The van der Waals surface area contributed by atoms with Crippen LogP contribution in [-0.2, 0) is 11.2 Å². The summed E-state index contributed by atoms with van der Waals surface area (Å²) in [4.78, 5) is 13.9. The maximum absolute atomic E-state index is 12.6. The van der Waals surface area contributed by atoms with Gasteiger partial charge in [0.05, 0.1) is 18.6 Å². The molecule has 21 heavy (non-hydrogen) atoms. The molecule has 110 valence electrons. The number of hydrogen-bond donors (Lipinski definition) is 2. The Kier molecular flexibility index (Phi) is 4.36. The zero-order valence-corrected chi connectivity index (χ0v) is 12.6. The third kappa shape index (κ3) is 3.01. The van der Waals surface area contributed by atoms with Crippen LogP contribution in [0, 0.1) is 0 Å². The summed E-state index contributed by atoms with van der Waals surface area (Å²) < 4.78 is 0. The molecule has 1 aromatic carbocycles. The molecule has 0 spiro atoms. The topological polar surface area (TPSA) is 49.3 Å². The van der Waals surface area contributed by atoms with Crippen LogP contribution in [0.5, 0.6) is 0 Å². The van der Waals surface area contributed by atoms with Gasteiger partial charge in [-0.1, -0.05) is 30.3 Å². The lowest BCUT2D eigenvalue weighted by Gasteiger charge is -2.25. The molecule has 3 rings (SSSR count). The quantitative estimate of drug-likeness (QED) is 0.912. The zero-order chi connectivity index (χ0) is 14.7. The molecule has 1 heterocycles. The van der Waals surface area contributed by atoms with Gasteiger partial charge in [-0.15, -0.1) is 11.3 Å². The number of thiophene rings is 1. The second-order valence-corrected chi connectivity index (χ2v) is 6.40. The number of carbonyl (C=O) groups is 1. The number of carbonyl (C=O) groups excluding carboxylic acids is 1. The van der Waals surface area contributed by atoms with Crippen LogP contribution in [0.4, 0.5) is 0 Å². The van der Waals surface area contributed by atoms with E-state index in [1.807, 2.05) is 30.3 Å². The van der Waals surface area contributed by atoms with Gasteiger partial charge in [0, 0.05) is 4.88 Å². The summed E-state index contributed by atoms with van der Waals surface area (Å²) in [5, 5.41) is 14.6. The third-order valence-electron chi connectivity index (χ3n) is 4.07. The van der Waals surface area contributed by atoms with Crippen molar-refractivity contribution >= 4 is 17.2 Å². The van der Waals surface area contributed by atoms with Gasteiger partial charge >= 0.3 is 0 Å². The van der Waals surface area contributed by atoms with Crippen molar-refractivity contribution in [3.8, 4) is 0 Å². The van der Waals surface area contributed by atoms with E-state index in [0.29, 0.717) is 0 Å². The van der Waals surface area contributed by atoms with Crippen LogP contribution < -0.4 is 5.32 Å². The number of amides is 1. The van der Waals surface area contributed by atoms with Crippen LogP contribution in [0.25, 0.3) is 0 Å². The first kappa shape index (κ1) is 14.3. The predicted octanol–water partition coefficient (Wildman–Crippen LogP) is 3.02. The zero-order valence-electron chi connectivity index (χ0n) is 11.8. The molecule has 0 saturated heterocycles. The van der Waals surface area contributed by atoms with Crippen LogP contribution in [0.1, 0.15) is 40.8 Å². The molecule has 0 radical (unpaired) electrons. The highest BCUT2D eigenvalue weighted by Gasteiger charge is 2.28. The number of hydrogen-bond acceptors (Lipinski definition) is 3. The van der Waals surface area contributed by atoms with Crippen molar-refractivity contribution in [2.45, 2.75) is 31.2 Å². The summed E-state index contributed by atoms with van der Waals surface area (Å²) in [6.45, 7) is -0.0844. The number of nitrogens with one attached hydrogen (secondary N) is 1. The third-order valence-corrected chi connectivity index (χ3v) is 5.07. The minimum atomic E-state index is -0.331. The number of aliphatic hydroxyl groups is 1. The molecule has 1 aliphatic carbocycles. The Morgan fingerprint density at radius 2 is 2.14 bits per heavy atom. The van der Waals surface area contributed by atoms with Crippen molar-refractivity contribution in [2.75, 3.05) is 6.61 Å². The molecule has 0 aliphatic heterocycles. The molecular formula is C17H19NO2S. The van der Waals surface area contributed by atoms with Crippen LogP contribution in [-0.4, -0.2) is 17.6 Å². The first-order chi connectivity index (χ1) is 10.3. The smallest absolute Gasteiger partial charge is 0.228 e. The molecule has 1 aliphatic rings. The summed E-state index contributed by atoms with van der Waals surface area (Å²) in [7, 11) is 0. The van der Waals surface area contributed by atoms with Crippen LogP contribution in [0.3, 0.4) is 0 Å². The number of aryl methyl sites for hydroxylation is 1. The van der Waals surface area contributed by atoms with E-state index in [2.05, 4.69) is 16.8 Å². The molecule has 0 fully saturated rings. The Balaban J connectivity index is 1.75. The number of fused-ring (bicyclic) bond motifs is 1. The molecule has 2 N–H and O–H groups in total. The molecule has 0 bridgehead atoms. The fourth-order valence-electron chi connectivity index (χ4n) is 2.95. The molecule has 1 aromatic heterocycles. The minimum Gasteiger partial charge on any atom is -0.394 e. The lowest BCUT2D eigenvalue weighted by Crippen LogP contribution is -2.35. The monoisotopic (exact) mass is 301 g/mol. The number of rotatable bonds is 4. The lowest BCUT2D eigenvalue weighted by molar-refractivity contribution is -0.124. The molecule has 4 heteroatoms.